The minimum absolute atomic E-state index is 0.113. The Labute approximate surface area is 204 Å². The monoisotopic (exact) mass is 478 g/mol. The van der Waals surface area contributed by atoms with E-state index < -0.39 is 0 Å². The Hall–Kier alpha value is -3.07. The molecule has 1 saturated carbocycles. The number of hydrogen-bond acceptors (Lipinski definition) is 7. The minimum Gasteiger partial charge on any atom is -0.466 e. The summed E-state index contributed by atoms with van der Waals surface area (Å²) in [7, 11) is 0. The lowest BCUT2D eigenvalue weighted by Crippen LogP contribution is -2.42. The molecule has 2 aromatic heterocycles. The summed E-state index contributed by atoms with van der Waals surface area (Å²) in [5.41, 5.74) is 3.58. The zero-order valence-corrected chi connectivity index (χ0v) is 20.8. The molecule has 1 aromatic carbocycles. The summed E-state index contributed by atoms with van der Waals surface area (Å²) < 4.78 is 7.21. The van der Waals surface area contributed by atoms with Crippen LogP contribution in [0.4, 0.5) is 0 Å². The van der Waals surface area contributed by atoms with E-state index in [0.29, 0.717) is 43.9 Å². The summed E-state index contributed by atoms with van der Waals surface area (Å²) in [5, 5.41) is 13.9. The number of benzene rings is 1. The van der Waals surface area contributed by atoms with Crippen molar-refractivity contribution in [2.45, 2.75) is 71.4 Å². The predicted molar refractivity (Wildman–Crippen MR) is 132 cm³/mol. The van der Waals surface area contributed by atoms with Gasteiger partial charge in [-0.25, -0.2) is 4.68 Å². The summed E-state index contributed by atoms with van der Waals surface area (Å²) in [6.45, 7) is 7.63. The molecule has 1 N–H and O–H groups in total. The van der Waals surface area contributed by atoms with E-state index in [1.54, 1.807) is 0 Å². The third-order valence-electron chi connectivity index (χ3n) is 7.56. The number of tetrazole rings is 1. The molecular formula is C26H34N6O3. The number of H-pyrrole nitrogens is 1. The van der Waals surface area contributed by atoms with Crippen LogP contribution in [0.5, 0.6) is 0 Å². The molecule has 3 heterocycles. The van der Waals surface area contributed by atoms with Crippen LogP contribution < -0.4 is 5.56 Å². The Morgan fingerprint density at radius 3 is 2.60 bits per heavy atom. The van der Waals surface area contributed by atoms with Crippen molar-refractivity contribution in [3.63, 3.8) is 0 Å². The molecule has 3 aromatic rings. The highest BCUT2D eigenvalue weighted by Crippen LogP contribution is 2.35. The second kappa shape index (κ2) is 9.89. The molecule has 2 fully saturated rings. The number of carbonyl (C=O) groups is 1. The molecule has 9 nitrogen and oxygen atoms in total. The number of carbonyl (C=O) groups excluding carboxylic acids is 1. The number of aromatic amines is 1. The van der Waals surface area contributed by atoms with E-state index in [0.717, 1.165) is 47.7 Å². The topological polar surface area (TPSA) is 106 Å². The van der Waals surface area contributed by atoms with Crippen LogP contribution in [0, 0.1) is 19.8 Å². The van der Waals surface area contributed by atoms with Gasteiger partial charge in [0.1, 0.15) is 6.04 Å². The number of esters is 1. The van der Waals surface area contributed by atoms with Gasteiger partial charge in [-0.2, -0.15) is 0 Å². The molecule has 0 radical (unpaired) electrons. The van der Waals surface area contributed by atoms with E-state index in [2.05, 4.69) is 44.5 Å². The van der Waals surface area contributed by atoms with E-state index in [1.165, 1.54) is 0 Å². The summed E-state index contributed by atoms with van der Waals surface area (Å²) >= 11 is 0. The van der Waals surface area contributed by atoms with Crippen LogP contribution in [0.3, 0.4) is 0 Å². The first-order valence-corrected chi connectivity index (χ1v) is 12.8. The number of pyridine rings is 1. The van der Waals surface area contributed by atoms with Crippen LogP contribution in [0.25, 0.3) is 10.9 Å². The Morgan fingerprint density at radius 1 is 1.14 bits per heavy atom. The number of aromatic nitrogens is 5. The van der Waals surface area contributed by atoms with E-state index >= 15 is 0 Å². The highest BCUT2D eigenvalue weighted by atomic mass is 16.5. The van der Waals surface area contributed by atoms with Crippen molar-refractivity contribution in [2.24, 2.45) is 5.92 Å². The Morgan fingerprint density at radius 2 is 1.89 bits per heavy atom. The Kier molecular flexibility index (Phi) is 6.69. The van der Waals surface area contributed by atoms with Crippen LogP contribution in [-0.2, 0) is 9.53 Å². The van der Waals surface area contributed by atoms with Crippen molar-refractivity contribution >= 4 is 16.9 Å². The molecule has 5 rings (SSSR count). The van der Waals surface area contributed by atoms with Crippen molar-refractivity contribution in [3.05, 3.63) is 51.1 Å². The van der Waals surface area contributed by atoms with Gasteiger partial charge in [-0.05, 0) is 80.0 Å². The zero-order chi connectivity index (χ0) is 24.5. The first kappa shape index (κ1) is 23.7. The Balaban J connectivity index is 1.57. The number of aryl methyl sites for hydroxylation is 2. The van der Waals surface area contributed by atoms with Crippen molar-refractivity contribution in [1.29, 1.82) is 0 Å². The van der Waals surface area contributed by atoms with Crippen LogP contribution in [0.1, 0.15) is 80.0 Å². The molecule has 0 bridgehead atoms. The van der Waals surface area contributed by atoms with Crippen LogP contribution in [0.2, 0.25) is 0 Å². The highest BCUT2D eigenvalue weighted by molar-refractivity contribution is 5.83. The third kappa shape index (κ3) is 4.61. The van der Waals surface area contributed by atoms with Crippen molar-refractivity contribution in [1.82, 2.24) is 30.1 Å². The standard InChI is InChI=1S/C26H34N6O3/c1-4-35-26(34)18-9-11-31(12-10-18)23(24-28-29-30-32(24)20-7-5-6-8-20)21-15-19-14-16(2)13-17(3)22(19)27-25(21)33/h13-15,18,20,23H,4-12H2,1-3H3,(H,27,33). The van der Waals surface area contributed by atoms with Gasteiger partial charge in [-0.15, -0.1) is 5.10 Å². The summed E-state index contributed by atoms with van der Waals surface area (Å²) in [4.78, 5) is 31.2. The number of piperidine rings is 1. The van der Waals surface area contributed by atoms with Gasteiger partial charge in [0.05, 0.1) is 24.1 Å². The summed E-state index contributed by atoms with van der Waals surface area (Å²) in [5.74, 6) is 0.465. The van der Waals surface area contributed by atoms with Gasteiger partial charge in [0, 0.05) is 18.7 Å². The maximum atomic E-state index is 13.5. The zero-order valence-electron chi connectivity index (χ0n) is 20.8. The first-order chi connectivity index (χ1) is 17.0. The fourth-order valence-corrected chi connectivity index (χ4v) is 5.85. The lowest BCUT2D eigenvalue weighted by molar-refractivity contribution is -0.149. The smallest absolute Gasteiger partial charge is 0.309 e. The van der Waals surface area contributed by atoms with Crippen molar-refractivity contribution in [2.75, 3.05) is 19.7 Å². The molecule has 2 aliphatic rings. The van der Waals surface area contributed by atoms with Crippen LogP contribution >= 0.6 is 0 Å². The molecule has 1 saturated heterocycles. The fourth-order valence-electron chi connectivity index (χ4n) is 5.85. The van der Waals surface area contributed by atoms with Gasteiger partial charge in [0.2, 0.25) is 0 Å². The van der Waals surface area contributed by atoms with Gasteiger partial charge in [-0.3, -0.25) is 14.5 Å². The molecule has 0 spiro atoms. The summed E-state index contributed by atoms with van der Waals surface area (Å²) in [6.07, 6.45) is 5.78. The average molecular weight is 479 g/mol. The van der Waals surface area contributed by atoms with Crippen LogP contribution in [0.15, 0.2) is 23.0 Å². The van der Waals surface area contributed by atoms with E-state index in [4.69, 9.17) is 4.74 Å². The average Bonchev–Trinajstić information content (AvgIpc) is 3.53. The molecule has 1 unspecified atom stereocenters. The van der Waals surface area contributed by atoms with E-state index in [9.17, 15) is 9.59 Å². The number of rotatable bonds is 6. The van der Waals surface area contributed by atoms with Gasteiger partial charge >= 0.3 is 5.97 Å². The van der Waals surface area contributed by atoms with E-state index in [1.807, 2.05) is 24.6 Å². The largest absolute Gasteiger partial charge is 0.466 e. The van der Waals surface area contributed by atoms with Gasteiger partial charge in [0.15, 0.2) is 5.82 Å². The molecular weight excluding hydrogens is 444 g/mol. The summed E-state index contributed by atoms with van der Waals surface area (Å²) in [6, 6.07) is 6.05. The molecule has 9 heteroatoms. The normalized spacial score (nSPS) is 18.8. The minimum atomic E-state index is -0.386. The fraction of sp³-hybridized carbons (Fsp3) is 0.577. The molecule has 1 aliphatic carbocycles. The SMILES string of the molecule is CCOC(=O)C1CCN(C(c2cc3cc(C)cc(C)c3[nH]c2=O)c2nnnn2C2CCCC2)CC1. The van der Waals surface area contributed by atoms with Gasteiger partial charge < -0.3 is 9.72 Å². The van der Waals surface area contributed by atoms with Crippen molar-refractivity contribution in [3.8, 4) is 0 Å². The molecule has 186 valence electrons. The number of ether oxygens (including phenoxy) is 1. The van der Waals surface area contributed by atoms with E-state index in [-0.39, 0.29) is 29.5 Å². The highest BCUT2D eigenvalue weighted by Gasteiger charge is 2.36. The molecule has 35 heavy (non-hydrogen) atoms. The number of nitrogens with one attached hydrogen (secondary N) is 1. The molecule has 1 atom stereocenters. The molecule has 1 aliphatic heterocycles. The lowest BCUT2D eigenvalue weighted by Gasteiger charge is -2.36. The van der Waals surface area contributed by atoms with Crippen molar-refractivity contribution < 1.29 is 9.53 Å². The maximum absolute atomic E-state index is 13.5. The van der Waals surface area contributed by atoms with Gasteiger partial charge in [-0.1, -0.05) is 24.5 Å². The third-order valence-corrected chi connectivity index (χ3v) is 7.56. The number of hydrogen-bond donors (Lipinski definition) is 1. The maximum Gasteiger partial charge on any atom is 0.309 e. The molecule has 0 amide bonds. The second-order valence-corrected chi connectivity index (χ2v) is 9.98. The predicted octanol–water partition coefficient (Wildman–Crippen LogP) is 3.61. The lowest BCUT2D eigenvalue weighted by atomic mass is 9.93. The van der Waals surface area contributed by atoms with Crippen LogP contribution in [-0.4, -0.2) is 55.8 Å². The Bertz CT molecular complexity index is 1270. The number of fused-ring (bicyclic) bond motifs is 1. The number of nitrogens with zero attached hydrogens (tertiary/aromatic N) is 5. The van der Waals surface area contributed by atoms with Gasteiger partial charge in [0.25, 0.3) is 5.56 Å². The first-order valence-electron chi connectivity index (χ1n) is 12.8. The number of likely N-dealkylation sites (tertiary alicyclic amines) is 1. The quantitative estimate of drug-likeness (QED) is 0.540. The second-order valence-electron chi connectivity index (χ2n) is 9.98.